The molecule has 0 bridgehead atoms. The van der Waals surface area contributed by atoms with Crippen LogP contribution in [-0.4, -0.2) is 45.7 Å². The minimum absolute atomic E-state index is 0.158. The standard InChI is InChI=1S/C24H34O5/c1-20-13-7-3-2-4-8-16-22(26)19-23(27)17-11-5-9-14-21(25)15-10-6-12-18-24(28)29-20/h2,4-6,8-12,14,16,18,20-23,25-27H,3,7,13,15,17,19H2,1H3/b4-2+,10-6+,11-5-,14-9+,16-8-,18-12-/t20-,21-,22+,23+/m1/s1. The summed E-state index contributed by atoms with van der Waals surface area (Å²) in [4.78, 5) is 11.7. The summed E-state index contributed by atoms with van der Waals surface area (Å²) in [6.45, 7) is 1.87. The number of esters is 1. The Balaban J connectivity index is 2.66. The van der Waals surface area contributed by atoms with Gasteiger partial charge in [-0.05, 0) is 39.0 Å². The first-order valence-electron chi connectivity index (χ1n) is 10.2. The molecule has 1 rings (SSSR count). The number of cyclic esters (lactones) is 1. The summed E-state index contributed by atoms with van der Waals surface area (Å²) in [5.41, 5.74) is 0. The van der Waals surface area contributed by atoms with Gasteiger partial charge in [0.2, 0.25) is 0 Å². The van der Waals surface area contributed by atoms with Gasteiger partial charge in [-0.2, -0.15) is 0 Å². The van der Waals surface area contributed by atoms with Gasteiger partial charge >= 0.3 is 5.97 Å². The number of allylic oxidation sites excluding steroid dienone is 7. The van der Waals surface area contributed by atoms with Crippen LogP contribution in [0, 0.1) is 0 Å². The van der Waals surface area contributed by atoms with Crippen molar-refractivity contribution in [3.63, 3.8) is 0 Å². The molecule has 5 heteroatoms. The summed E-state index contributed by atoms with van der Waals surface area (Å²) in [6.07, 6.45) is 22.2. The van der Waals surface area contributed by atoms with Crippen LogP contribution in [0.4, 0.5) is 0 Å². The molecule has 0 aromatic rings. The summed E-state index contributed by atoms with van der Waals surface area (Å²) < 4.78 is 5.31. The largest absolute Gasteiger partial charge is 0.460 e. The normalized spacial score (nSPS) is 35.4. The van der Waals surface area contributed by atoms with Crippen LogP contribution < -0.4 is 0 Å². The Hall–Kier alpha value is -2.21. The van der Waals surface area contributed by atoms with Gasteiger partial charge in [0.1, 0.15) is 0 Å². The van der Waals surface area contributed by atoms with Crippen LogP contribution in [0.15, 0.2) is 72.9 Å². The lowest BCUT2D eigenvalue weighted by molar-refractivity contribution is -0.142. The number of aliphatic hydroxyl groups excluding tert-OH is 3. The lowest BCUT2D eigenvalue weighted by Gasteiger charge is -2.10. The maximum absolute atomic E-state index is 11.7. The lowest BCUT2D eigenvalue weighted by Crippen LogP contribution is -2.14. The molecule has 1 heterocycles. The molecule has 0 amide bonds. The number of hydrogen-bond acceptors (Lipinski definition) is 5. The second-order valence-electron chi connectivity index (χ2n) is 7.09. The molecule has 0 aliphatic carbocycles. The molecule has 0 fully saturated rings. The van der Waals surface area contributed by atoms with Gasteiger partial charge in [-0.1, -0.05) is 66.8 Å². The van der Waals surface area contributed by atoms with Gasteiger partial charge in [-0.25, -0.2) is 4.79 Å². The lowest BCUT2D eigenvalue weighted by atomic mass is 10.1. The summed E-state index contributed by atoms with van der Waals surface area (Å²) >= 11 is 0. The first kappa shape index (κ1) is 24.8. The van der Waals surface area contributed by atoms with Crippen molar-refractivity contribution < 1.29 is 24.9 Å². The van der Waals surface area contributed by atoms with Crippen molar-refractivity contribution in [1.29, 1.82) is 0 Å². The predicted octanol–water partition coefficient (Wildman–Crippen LogP) is 3.69. The van der Waals surface area contributed by atoms with Crippen molar-refractivity contribution in [2.24, 2.45) is 0 Å². The molecule has 0 saturated heterocycles. The van der Waals surface area contributed by atoms with E-state index in [0.29, 0.717) is 12.8 Å². The Morgan fingerprint density at radius 2 is 1.52 bits per heavy atom. The fourth-order valence-corrected chi connectivity index (χ4v) is 2.66. The minimum Gasteiger partial charge on any atom is -0.460 e. The van der Waals surface area contributed by atoms with Crippen molar-refractivity contribution >= 4 is 5.97 Å². The molecule has 5 nitrogen and oxygen atoms in total. The van der Waals surface area contributed by atoms with Crippen LogP contribution >= 0.6 is 0 Å². The van der Waals surface area contributed by atoms with E-state index in [0.717, 1.165) is 19.3 Å². The molecule has 1 aliphatic heterocycles. The Bertz CT molecular complexity index is 627. The van der Waals surface area contributed by atoms with E-state index in [4.69, 9.17) is 4.74 Å². The van der Waals surface area contributed by atoms with E-state index in [1.54, 1.807) is 54.7 Å². The molecule has 29 heavy (non-hydrogen) atoms. The molecule has 4 atom stereocenters. The van der Waals surface area contributed by atoms with Crippen molar-refractivity contribution in [2.45, 2.75) is 69.9 Å². The zero-order valence-electron chi connectivity index (χ0n) is 17.1. The van der Waals surface area contributed by atoms with Crippen LogP contribution in [-0.2, 0) is 9.53 Å². The fraction of sp³-hybridized carbons (Fsp3) is 0.458. The Morgan fingerprint density at radius 3 is 2.31 bits per heavy atom. The monoisotopic (exact) mass is 402 g/mol. The third kappa shape index (κ3) is 14.4. The first-order valence-corrected chi connectivity index (χ1v) is 10.2. The Labute approximate surface area is 174 Å². The molecule has 3 N–H and O–H groups in total. The molecular weight excluding hydrogens is 368 g/mol. The number of carbonyl (C=O) groups is 1. The van der Waals surface area contributed by atoms with Gasteiger partial charge in [0.25, 0.3) is 0 Å². The molecule has 0 spiro atoms. The highest BCUT2D eigenvalue weighted by Gasteiger charge is 2.07. The second-order valence-corrected chi connectivity index (χ2v) is 7.09. The third-order valence-electron chi connectivity index (χ3n) is 4.24. The third-order valence-corrected chi connectivity index (χ3v) is 4.24. The summed E-state index contributed by atoms with van der Waals surface area (Å²) in [5.74, 6) is -0.378. The van der Waals surface area contributed by atoms with Crippen LogP contribution in [0.3, 0.4) is 0 Å². The van der Waals surface area contributed by atoms with Gasteiger partial charge in [-0.15, -0.1) is 0 Å². The van der Waals surface area contributed by atoms with Gasteiger partial charge in [0.15, 0.2) is 0 Å². The van der Waals surface area contributed by atoms with Crippen molar-refractivity contribution in [2.75, 3.05) is 0 Å². The molecule has 0 saturated carbocycles. The van der Waals surface area contributed by atoms with Crippen molar-refractivity contribution in [3.8, 4) is 0 Å². The number of rotatable bonds is 0. The van der Waals surface area contributed by atoms with E-state index < -0.39 is 18.3 Å². The topological polar surface area (TPSA) is 87.0 Å². The van der Waals surface area contributed by atoms with E-state index in [1.807, 2.05) is 19.1 Å². The average molecular weight is 403 g/mol. The van der Waals surface area contributed by atoms with Gasteiger partial charge in [-0.3, -0.25) is 0 Å². The zero-order chi connectivity index (χ0) is 21.3. The maximum atomic E-state index is 11.7. The van der Waals surface area contributed by atoms with E-state index >= 15 is 0 Å². The highest BCUT2D eigenvalue weighted by molar-refractivity contribution is 5.82. The fourth-order valence-electron chi connectivity index (χ4n) is 2.66. The van der Waals surface area contributed by atoms with Crippen molar-refractivity contribution in [3.05, 3.63) is 72.9 Å². The highest BCUT2D eigenvalue weighted by Crippen LogP contribution is 2.08. The number of ether oxygens (including phenoxy) is 1. The van der Waals surface area contributed by atoms with E-state index in [1.165, 1.54) is 6.08 Å². The Kier molecular flexibility index (Phi) is 13.4. The molecule has 0 aromatic heterocycles. The van der Waals surface area contributed by atoms with Gasteiger partial charge < -0.3 is 20.1 Å². The van der Waals surface area contributed by atoms with E-state index in [2.05, 4.69) is 0 Å². The SMILES string of the molecule is C[C@@H]1CCC/C=C/C=C\[C@H](O)C[C@@H](O)C/C=C\C=C\[C@@H](O)C/C=C/C=C\C(=O)O1. The van der Waals surface area contributed by atoms with Crippen LogP contribution in [0.1, 0.15) is 45.4 Å². The van der Waals surface area contributed by atoms with Gasteiger partial charge in [0.05, 0.1) is 24.4 Å². The number of hydrogen-bond donors (Lipinski definition) is 3. The van der Waals surface area contributed by atoms with Gasteiger partial charge in [0, 0.05) is 12.5 Å². The quantitative estimate of drug-likeness (QED) is 0.538. The second kappa shape index (κ2) is 15.7. The molecule has 0 aromatic carbocycles. The molecule has 0 unspecified atom stereocenters. The number of carbonyl (C=O) groups excluding carboxylic acids is 1. The van der Waals surface area contributed by atoms with Crippen LogP contribution in [0.2, 0.25) is 0 Å². The first-order chi connectivity index (χ1) is 14.0. The van der Waals surface area contributed by atoms with E-state index in [-0.39, 0.29) is 18.5 Å². The maximum Gasteiger partial charge on any atom is 0.331 e. The smallest absolute Gasteiger partial charge is 0.331 e. The van der Waals surface area contributed by atoms with E-state index in [9.17, 15) is 20.1 Å². The molecule has 1 aliphatic rings. The summed E-state index contributed by atoms with van der Waals surface area (Å²) in [5, 5.41) is 29.8. The zero-order valence-corrected chi connectivity index (χ0v) is 17.1. The molecule has 160 valence electrons. The predicted molar refractivity (Wildman–Crippen MR) is 116 cm³/mol. The Morgan fingerprint density at radius 1 is 0.862 bits per heavy atom. The highest BCUT2D eigenvalue weighted by atomic mass is 16.5. The average Bonchev–Trinajstić information content (AvgIpc) is 2.65. The van der Waals surface area contributed by atoms with Crippen LogP contribution in [0.5, 0.6) is 0 Å². The molecule has 0 radical (unpaired) electrons. The summed E-state index contributed by atoms with van der Waals surface area (Å²) in [6, 6.07) is 0. The van der Waals surface area contributed by atoms with Crippen molar-refractivity contribution in [1.82, 2.24) is 0 Å². The molecular formula is C24H34O5. The number of aliphatic hydroxyl groups is 3. The minimum atomic E-state index is -0.703. The summed E-state index contributed by atoms with van der Waals surface area (Å²) in [7, 11) is 0. The van der Waals surface area contributed by atoms with Crippen LogP contribution in [0.25, 0.3) is 0 Å².